The van der Waals surface area contributed by atoms with Crippen LogP contribution in [0.4, 0.5) is 5.69 Å². The molecule has 2 fully saturated rings. The number of amides is 2. The first-order valence-corrected chi connectivity index (χ1v) is 9.86. The standard InChI is InChI=1S/C22H26N4O2/c1-15-5-2-6-16(11-15)17-7-3-8-19(12-17)25-21(27)20-9-4-10-26(20)22(28)18-13-23-24-14-18/h2-3,5-8,11-12,18,20,23-24H,4,9-10,13-14H2,1H3,(H,25,27). The van der Waals surface area contributed by atoms with Crippen LogP contribution in [0.25, 0.3) is 11.1 Å². The average Bonchev–Trinajstić information content (AvgIpc) is 3.40. The molecule has 2 saturated heterocycles. The first-order chi connectivity index (χ1) is 13.6. The maximum atomic E-state index is 12.9. The van der Waals surface area contributed by atoms with Crippen molar-refractivity contribution in [3.63, 3.8) is 0 Å². The first kappa shape index (κ1) is 18.7. The summed E-state index contributed by atoms with van der Waals surface area (Å²) >= 11 is 0. The monoisotopic (exact) mass is 378 g/mol. The lowest BCUT2D eigenvalue weighted by Crippen LogP contribution is -2.46. The van der Waals surface area contributed by atoms with Crippen molar-refractivity contribution < 1.29 is 9.59 Å². The van der Waals surface area contributed by atoms with Crippen LogP contribution in [0.3, 0.4) is 0 Å². The van der Waals surface area contributed by atoms with E-state index in [1.165, 1.54) is 5.56 Å². The summed E-state index contributed by atoms with van der Waals surface area (Å²) in [4.78, 5) is 27.4. The topological polar surface area (TPSA) is 73.5 Å². The Kier molecular flexibility index (Phi) is 5.41. The third kappa shape index (κ3) is 3.93. The number of rotatable bonds is 4. The van der Waals surface area contributed by atoms with Crippen molar-refractivity contribution in [1.29, 1.82) is 0 Å². The summed E-state index contributed by atoms with van der Waals surface area (Å²) < 4.78 is 0. The van der Waals surface area contributed by atoms with Crippen molar-refractivity contribution in [3.05, 3.63) is 54.1 Å². The summed E-state index contributed by atoms with van der Waals surface area (Å²) in [7, 11) is 0. The lowest BCUT2D eigenvalue weighted by molar-refractivity contribution is -0.139. The fraction of sp³-hybridized carbons (Fsp3) is 0.364. The number of hydrogen-bond donors (Lipinski definition) is 3. The van der Waals surface area contributed by atoms with Gasteiger partial charge in [0.2, 0.25) is 11.8 Å². The highest BCUT2D eigenvalue weighted by Crippen LogP contribution is 2.25. The van der Waals surface area contributed by atoms with E-state index >= 15 is 0 Å². The molecule has 0 bridgehead atoms. The molecule has 6 nitrogen and oxygen atoms in total. The normalized spacial score (nSPS) is 19.8. The first-order valence-electron chi connectivity index (χ1n) is 9.86. The molecule has 1 atom stereocenters. The van der Waals surface area contributed by atoms with Crippen LogP contribution in [-0.4, -0.2) is 42.4 Å². The zero-order valence-electron chi connectivity index (χ0n) is 16.1. The van der Waals surface area contributed by atoms with Crippen LogP contribution in [0.5, 0.6) is 0 Å². The van der Waals surface area contributed by atoms with Crippen LogP contribution in [0.1, 0.15) is 18.4 Å². The number of hydrogen-bond acceptors (Lipinski definition) is 4. The highest BCUT2D eigenvalue weighted by atomic mass is 16.2. The van der Waals surface area contributed by atoms with Gasteiger partial charge in [-0.3, -0.25) is 20.4 Å². The number of hydrazine groups is 1. The van der Waals surface area contributed by atoms with E-state index in [-0.39, 0.29) is 17.7 Å². The van der Waals surface area contributed by atoms with Crippen LogP contribution in [0.15, 0.2) is 48.5 Å². The molecular weight excluding hydrogens is 352 g/mol. The maximum Gasteiger partial charge on any atom is 0.247 e. The smallest absolute Gasteiger partial charge is 0.247 e. The van der Waals surface area contributed by atoms with Crippen molar-refractivity contribution in [2.45, 2.75) is 25.8 Å². The molecular formula is C22H26N4O2. The Labute approximate surface area is 165 Å². The van der Waals surface area contributed by atoms with Crippen LogP contribution < -0.4 is 16.2 Å². The van der Waals surface area contributed by atoms with E-state index < -0.39 is 6.04 Å². The van der Waals surface area contributed by atoms with Gasteiger partial charge in [0.05, 0.1) is 5.92 Å². The number of carbonyl (C=O) groups is 2. The Bertz CT molecular complexity index is 876. The third-order valence-electron chi connectivity index (χ3n) is 5.49. The van der Waals surface area contributed by atoms with Gasteiger partial charge >= 0.3 is 0 Å². The van der Waals surface area contributed by atoms with Gasteiger partial charge in [-0.05, 0) is 43.0 Å². The predicted molar refractivity (Wildman–Crippen MR) is 109 cm³/mol. The minimum Gasteiger partial charge on any atom is -0.330 e. The molecule has 0 radical (unpaired) electrons. The molecule has 6 heteroatoms. The summed E-state index contributed by atoms with van der Waals surface area (Å²) in [6.07, 6.45) is 1.57. The molecule has 0 aliphatic carbocycles. The number of nitrogens with one attached hydrogen (secondary N) is 3. The van der Waals surface area contributed by atoms with Crippen LogP contribution in [0, 0.1) is 12.8 Å². The molecule has 4 rings (SSSR count). The summed E-state index contributed by atoms with van der Waals surface area (Å²) in [5.74, 6) is -0.145. The van der Waals surface area contributed by atoms with Crippen LogP contribution in [0.2, 0.25) is 0 Å². The molecule has 0 aromatic heterocycles. The van der Waals surface area contributed by atoms with Gasteiger partial charge in [-0.15, -0.1) is 0 Å². The van der Waals surface area contributed by atoms with Gasteiger partial charge in [-0.25, -0.2) is 0 Å². The summed E-state index contributed by atoms with van der Waals surface area (Å²) in [5.41, 5.74) is 10.1. The van der Waals surface area contributed by atoms with Crippen molar-refractivity contribution >= 4 is 17.5 Å². The van der Waals surface area contributed by atoms with Gasteiger partial charge in [0.1, 0.15) is 6.04 Å². The minimum absolute atomic E-state index is 0.0589. The second-order valence-electron chi connectivity index (χ2n) is 7.59. The zero-order chi connectivity index (χ0) is 19.5. The Hall–Kier alpha value is -2.70. The molecule has 28 heavy (non-hydrogen) atoms. The van der Waals surface area contributed by atoms with Gasteiger partial charge in [0, 0.05) is 25.3 Å². The Morgan fingerprint density at radius 1 is 1.04 bits per heavy atom. The Morgan fingerprint density at radius 3 is 2.50 bits per heavy atom. The molecule has 0 saturated carbocycles. The second-order valence-corrected chi connectivity index (χ2v) is 7.59. The second kappa shape index (κ2) is 8.12. The summed E-state index contributed by atoms with van der Waals surface area (Å²) in [6, 6.07) is 15.8. The highest BCUT2D eigenvalue weighted by Gasteiger charge is 2.37. The molecule has 1 unspecified atom stereocenters. The molecule has 2 aliphatic heterocycles. The van der Waals surface area contributed by atoms with Gasteiger partial charge in [0.25, 0.3) is 0 Å². The van der Waals surface area contributed by atoms with Gasteiger partial charge in [-0.2, -0.15) is 0 Å². The molecule has 2 amide bonds. The van der Waals surface area contributed by atoms with E-state index in [1.807, 2.05) is 30.3 Å². The molecule has 3 N–H and O–H groups in total. The maximum absolute atomic E-state index is 12.9. The Balaban J connectivity index is 1.47. The number of nitrogens with zero attached hydrogens (tertiary/aromatic N) is 1. The molecule has 2 aromatic rings. The number of carbonyl (C=O) groups excluding carboxylic acids is 2. The van der Waals surface area contributed by atoms with Crippen LogP contribution in [-0.2, 0) is 9.59 Å². The fourth-order valence-electron chi connectivity index (χ4n) is 4.00. The SMILES string of the molecule is Cc1cccc(-c2cccc(NC(=O)C3CCCN3C(=O)C3CNNC3)c2)c1. The van der Waals surface area contributed by atoms with E-state index in [0.29, 0.717) is 26.1 Å². The number of benzene rings is 2. The Morgan fingerprint density at radius 2 is 1.75 bits per heavy atom. The van der Waals surface area contributed by atoms with Crippen LogP contribution >= 0.6 is 0 Å². The largest absolute Gasteiger partial charge is 0.330 e. The van der Waals surface area contributed by atoms with Crippen molar-refractivity contribution in [2.75, 3.05) is 25.0 Å². The number of likely N-dealkylation sites (tertiary alicyclic amines) is 1. The summed E-state index contributed by atoms with van der Waals surface area (Å²) in [5, 5.41) is 3.02. The molecule has 2 aliphatic rings. The average molecular weight is 378 g/mol. The molecule has 146 valence electrons. The van der Waals surface area contributed by atoms with E-state index in [9.17, 15) is 9.59 Å². The number of aryl methyl sites for hydroxylation is 1. The lowest BCUT2D eigenvalue weighted by Gasteiger charge is -2.26. The van der Waals surface area contributed by atoms with Gasteiger partial charge < -0.3 is 10.2 Å². The van der Waals surface area contributed by atoms with E-state index in [1.54, 1.807) is 4.90 Å². The molecule has 2 aromatic carbocycles. The third-order valence-corrected chi connectivity index (χ3v) is 5.49. The van der Waals surface area contributed by atoms with Crippen molar-refractivity contribution in [1.82, 2.24) is 15.8 Å². The summed E-state index contributed by atoms with van der Waals surface area (Å²) in [6.45, 7) is 3.94. The fourth-order valence-corrected chi connectivity index (χ4v) is 4.00. The lowest BCUT2D eigenvalue weighted by atomic mass is 10.0. The minimum atomic E-state index is -0.393. The van der Waals surface area contributed by atoms with E-state index in [2.05, 4.69) is 41.3 Å². The number of anilines is 1. The molecule has 2 heterocycles. The predicted octanol–water partition coefficient (Wildman–Crippen LogP) is 2.32. The molecule has 0 spiro atoms. The van der Waals surface area contributed by atoms with Gasteiger partial charge in [-0.1, -0.05) is 42.0 Å². The highest BCUT2D eigenvalue weighted by molar-refractivity contribution is 5.98. The van der Waals surface area contributed by atoms with Crippen molar-refractivity contribution in [3.8, 4) is 11.1 Å². The quantitative estimate of drug-likeness (QED) is 0.763. The van der Waals surface area contributed by atoms with Gasteiger partial charge in [0.15, 0.2) is 0 Å². The zero-order valence-corrected chi connectivity index (χ0v) is 16.1. The van der Waals surface area contributed by atoms with E-state index in [0.717, 1.165) is 23.2 Å². The van der Waals surface area contributed by atoms with Crippen molar-refractivity contribution in [2.24, 2.45) is 5.92 Å². The van der Waals surface area contributed by atoms with E-state index in [4.69, 9.17) is 0 Å².